The maximum absolute atomic E-state index is 13.5. The Bertz CT molecular complexity index is 932. The van der Waals surface area contributed by atoms with Crippen molar-refractivity contribution < 1.29 is 13.6 Å². The average molecular weight is 342 g/mol. The Labute approximate surface area is 143 Å². The molecule has 3 aromatic rings. The van der Waals surface area contributed by atoms with Gasteiger partial charge in [0.1, 0.15) is 11.3 Å². The van der Waals surface area contributed by atoms with Gasteiger partial charge in [0.15, 0.2) is 5.65 Å². The topological polar surface area (TPSA) is 59.3 Å². The molecule has 1 N–H and O–H groups in total. The van der Waals surface area contributed by atoms with Crippen LogP contribution in [0, 0.1) is 6.92 Å². The van der Waals surface area contributed by atoms with E-state index in [1.807, 2.05) is 19.1 Å². The number of rotatable bonds is 5. The number of benzene rings is 1. The van der Waals surface area contributed by atoms with Gasteiger partial charge in [0.25, 0.3) is 12.3 Å². The van der Waals surface area contributed by atoms with Crippen molar-refractivity contribution in [3.8, 4) is 11.3 Å². The summed E-state index contributed by atoms with van der Waals surface area (Å²) in [5.41, 5.74) is 2.01. The lowest BCUT2D eigenvalue weighted by Crippen LogP contribution is -2.23. The third kappa shape index (κ3) is 3.26. The van der Waals surface area contributed by atoms with Gasteiger partial charge in [-0.15, -0.1) is 6.58 Å². The van der Waals surface area contributed by atoms with Crippen LogP contribution in [0.3, 0.4) is 0 Å². The van der Waals surface area contributed by atoms with E-state index in [9.17, 15) is 13.6 Å². The summed E-state index contributed by atoms with van der Waals surface area (Å²) >= 11 is 0. The predicted octanol–water partition coefficient (Wildman–Crippen LogP) is 3.56. The molecule has 3 rings (SSSR count). The van der Waals surface area contributed by atoms with Crippen LogP contribution < -0.4 is 5.32 Å². The molecule has 0 aliphatic heterocycles. The number of aryl methyl sites for hydroxylation is 1. The lowest BCUT2D eigenvalue weighted by atomic mass is 10.1. The number of carbonyl (C=O) groups excluding carboxylic acids is 1. The molecule has 25 heavy (non-hydrogen) atoms. The largest absolute Gasteiger partial charge is 0.348 e. The zero-order valence-electron chi connectivity index (χ0n) is 13.5. The van der Waals surface area contributed by atoms with E-state index in [2.05, 4.69) is 22.0 Å². The molecule has 0 aliphatic rings. The Morgan fingerprint density at radius 3 is 2.72 bits per heavy atom. The van der Waals surface area contributed by atoms with Gasteiger partial charge >= 0.3 is 0 Å². The van der Waals surface area contributed by atoms with Gasteiger partial charge in [-0.1, -0.05) is 35.9 Å². The van der Waals surface area contributed by atoms with E-state index in [1.54, 1.807) is 12.1 Å². The second-order valence-corrected chi connectivity index (χ2v) is 5.53. The Balaban J connectivity index is 2.17. The van der Waals surface area contributed by atoms with Gasteiger partial charge in [-0.25, -0.2) is 18.3 Å². The van der Waals surface area contributed by atoms with Crippen LogP contribution in [-0.2, 0) is 0 Å². The highest BCUT2D eigenvalue weighted by atomic mass is 19.3. The Kier molecular flexibility index (Phi) is 4.56. The number of halogens is 2. The molecule has 0 radical (unpaired) electrons. The normalized spacial score (nSPS) is 11.0. The second-order valence-electron chi connectivity index (χ2n) is 5.53. The summed E-state index contributed by atoms with van der Waals surface area (Å²) in [4.78, 5) is 16.6. The highest BCUT2D eigenvalue weighted by Gasteiger charge is 2.21. The first kappa shape index (κ1) is 16.8. The van der Waals surface area contributed by atoms with Gasteiger partial charge in [0.2, 0.25) is 0 Å². The van der Waals surface area contributed by atoms with E-state index < -0.39 is 12.3 Å². The van der Waals surface area contributed by atoms with Crippen LogP contribution in [0.25, 0.3) is 16.9 Å². The number of carbonyl (C=O) groups is 1. The highest BCUT2D eigenvalue weighted by molar-refractivity contribution is 6.00. The Morgan fingerprint density at radius 2 is 2.08 bits per heavy atom. The maximum atomic E-state index is 13.5. The molecule has 7 heteroatoms. The van der Waals surface area contributed by atoms with Gasteiger partial charge < -0.3 is 5.32 Å². The fourth-order valence-corrected chi connectivity index (χ4v) is 2.43. The molecule has 2 heterocycles. The summed E-state index contributed by atoms with van der Waals surface area (Å²) in [5, 5.41) is 6.51. The first-order valence-electron chi connectivity index (χ1n) is 7.64. The summed E-state index contributed by atoms with van der Waals surface area (Å²) in [6.07, 6.45) is 0.0175. The summed E-state index contributed by atoms with van der Waals surface area (Å²) in [6.45, 7) is 5.72. The Hall–Kier alpha value is -3.09. The van der Waals surface area contributed by atoms with Gasteiger partial charge in [-0.2, -0.15) is 5.10 Å². The van der Waals surface area contributed by atoms with E-state index in [0.29, 0.717) is 11.3 Å². The van der Waals surface area contributed by atoms with Gasteiger partial charge in [0, 0.05) is 12.1 Å². The fraction of sp³-hybridized carbons (Fsp3) is 0.167. The zero-order chi connectivity index (χ0) is 18.0. The summed E-state index contributed by atoms with van der Waals surface area (Å²) < 4.78 is 27.9. The predicted molar refractivity (Wildman–Crippen MR) is 90.6 cm³/mol. The first-order valence-corrected chi connectivity index (χ1v) is 7.64. The van der Waals surface area contributed by atoms with Crippen molar-refractivity contribution in [1.29, 1.82) is 0 Å². The van der Waals surface area contributed by atoms with Gasteiger partial charge in [-0.3, -0.25) is 4.79 Å². The molecule has 0 fully saturated rings. The van der Waals surface area contributed by atoms with Crippen LogP contribution in [0.1, 0.15) is 28.0 Å². The molecule has 0 spiro atoms. The summed E-state index contributed by atoms with van der Waals surface area (Å²) in [5.74, 6) is -0.441. The molecular formula is C18H16F2N4O. The number of alkyl halides is 2. The summed E-state index contributed by atoms with van der Waals surface area (Å²) in [7, 11) is 0. The number of amides is 1. The van der Waals surface area contributed by atoms with Crippen LogP contribution in [0.4, 0.5) is 8.78 Å². The van der Waals surface area contributed by atoms with Crippen molar-refractivity contribution in [1.82, 2.24) is 19.9 Å². The highest BCUT2D eigenvalue weighted by Crippen LogP contribution is 2.26. The minimum absolute atomic E-state index is 0.0925. The minimum Gasteiger partial charge on any atom is -0.348 e. The summed E-state index contributed by atoms with van der Waals surface area (Å²) in [6, 6.07) is 8.64. The quantitative estimate of drug-likeness (QED) is 0.721. The van der Waals surface area contributed by atoms with E-state index in [4.69, 9.17) is 0 Å². The standard InChI is InChI=1S/C18H16F2N4O/c1-3-8-21-18(25)13-10-22-24-15(16(19)20)9-14(23-17(13)24)12-6-4-11(2)5-7-12/h3-7,9-10,16H,1,8H2,2H3,(H,21,25). The Morgan fingerprint density at radius 1 is 1.36 bits per heavy atom. The molecule has 0 unspecified atom stereocenters. The van der Waals surface area contributed by atoms with Crippen LogP contribution in [0.2, 0.25) is 0 Å². The minimum atomic E-state index is -2.75. The maximum Gasteiger partial charge on any atom is 0.280 e. The smallest absolute Gasteiger partial charge is 0.280 e. The molecule has 1 amide bonds. The van der Waals surface area contributed by atoms with Crippen molar-refractivity contribution in [3.05, 3.63) is 66.0 Å². The van der Waals surface area contributed by atoms with E-state index >= 15 is 0 Å². The molecule has 0 saturated heterocycles. The number of aromatic nitrogens is 3. The van der Waals surface area contributed by atoms with Gasteiger partial charge in [-0.05, 0) is 13.0 Å². The molecule has 5 nitrogen and oxygen atoms in total. The zero-order valence-corrected chi connectivity index (χ0v) is 13.5. The number of nitrogens with zero attached hydrogens (tertiary/aromatic N) is 3. The van der Waals surface area contributed by atoms with Gasteiger partial charge in [0.05, 0.1) is 11.9 Å². The number of fused-ring (bicyclic) bond motifs is 1. The fourth-order valence-electron chi connectivity index (χ4n) is 2.43. The number of nitrogens with one attached hydrogen (secondary N) is 1. The van der Waals surface area contributed by atoms with Crippen molar-refractivity contribution in [2.75, 3.05) is 6.54 Å². The molecule has 1 aromatic carbocycles. The molecular weight excluding hydrogens is 326 g/mol. The van der Waals surface area contributed by atoms with E-state index in [0.717, 1.165) is 10.1 Å². The SMILES string of the molecule is C=CCNC(=O)c1cnn2c(C(F)F)cc(-c3ccc(C)cc3)nc12. The molecule has 0 aliphatic carbocycles. The monoisotopic (exact) mass is 342 g/mol. The lowest BCUT2D eigenvalue weighted by Gasteiger charge is -2.09. The van der Waals surface area contributed by atoms with Crippen molar-refractivity contribution >= 4 is 11.6 Å². The van der Waals surface area contributed by atoms with E-state index in [1.165, 1.54) is 18.3 Å². The number of hydrogen-bond donors (Lipinski definition) is 1. The van der Waals surface area contributed by atoms with Crippen molar-refractivity contribution in [2.24, 2.45) is 0 Å². The third-order valence-electron chi connectivity index (χ3n) is 3.72. The first-order chi connectivity index (χ1) is 12.0. The third-order valence-corrected chi connectivity index (χ3v) is 3.72. The molecule has 0 saturated carbocycles. The van der Waals surface area contributed by atoms with Crippen LogP contribution in [0.15, 0.2) is 49.2 Å². The van der Waals surface area contributed by atoms with Crippen LogP contribution in [0.5, 0.6) is 0 Å². The number of hydrogen-bond acceptors (Lipinski definition) is 3. The van der Waals surface area contributed by atoms with Crippen molar-refractivity contribution in [3.63, 3.8) is 0 Å². The average Bonchev–Trinajstić information content (AvgIpc) is 3.03. The molecule has 2 aromatic heterocycles. The molecule has 128 valence electrons. The van der Waals surface area contributed by atoms with E-state index in [-0.39, 0.29) is 23.4 Å². The van der Waals surface area contributed by atoms with Crippen LogP contribution in [-0.4, -0.2) is 27.0 Å². The van der Waals surface area contributed by atoms with Crippen molar-refractivity contribution in [2.45, 2.75) is 13.3 Å². The second kappa shape index (κ2) is 6.80. The molecule has 0 bridgehead atoms. The molecule has 0 atom stereocenters. The van der Waals surface area contributed by atoms with Crippen LogP contribution >= 0.6 is 0 Å². The lowest BCUT2D eigenvalue weighted by molar-refractivity contribution is 0.0959.